The van der Waals surface area contributed by atoms with Crippen molar-refractivity contribution in [2.24, 2.45) is 0 Å². The summed E-state index contributed by atoms with van der Waals surface area (Å²) in [5, 5.41) is 13.6. The highest BCUT2D eigenvalue weighted by Crippen LogP contribution is 2.38. The topological polar surface area (TPSA) is 142 Å². The van der Waals surface area contributed by atoms with Gasteiger partial charge in [-0.25, -0.2) is 0 Å². The zero-order valence-electron chi connectivity index (χ0n) is 18.1. The second kappa shape index (κ2) is 10.3. The van der Waals surface area contributed by atoms with Gasteiger partial charge in [-0.3, -0.25) is 14.4 Å². The van der Waals surface area contributed by atoms with Crippen LogP contribution in [-0.4, -0.2) is 57.6 Å². The van der Waals surface area contributed by atoms with Crippen LogP contribution in [0, 0.1) is 0 Å². The third kappa shape index (κ3) is 5.45. The average molecular weight is 458 g/mol. The summed E-state index contributed by atoms with van der Waals surface area (Å²) in [5.74, 6) is -0.871. The number of carboxylic acid groups (broad SMARTS) is 1. The Kier molecular flexibility index (Phi) is 7.24. The maximum atomic E-state index is 13.0. The standard InChI is InChI=1S/C22H22N2O9/c1-29-17-8-13(9-18(30-2)20(17)31-3)21(27)24-14(22(28)23-10-19(25)26)6-12-4-5-15-16(7-12)33-11-32-15/h4-9H,10-11H2,1-3H3,(H,23,28)(H,24,27)(H,25,26). The van der Waals surface area contributed by atoms with Crippen LogP contribution >= 0.6 is 0 Å². The molecule has 0 aliphatic carbocycles. The molecule has 0 bridgehead atoms. The summed E-state index contributed by atoms with van der Waals surface area (Å²) in [5.41, 5.74) is 0.450. The molecule has 2 amide bonds. The molecule has 1 heterocycles. The number of benzene rings is 2. The number of rotatable bonds is 9. The van der Waals surface area contributed by atoms with Gasteiger partial charge in [-0.1, -0.05) is 6.07 Å². The second-order valence-corrected chi connectivity index (χ2v) is 6.62. The summed E-state index contributed by atoms with van der Waals surface area (Å²) >= 11 is 0. The van der Waals surface area contributed by atoms with Gasteiger partial charge < -0.3 is 39.4 Å². The molecule has 2 aromatic rings. The van der Waals surface area contributed by atoms with Crippen molar-refractivity contribution in [3.8, 4) is 28.7 Å². The number of aliphatic carboxylic acids is 1. The molecule has 0 saturated carbocycles. The van der Waals surface area contributed by atoms with Crippen LogP contribution in [0.5, 0.6) is 28.7 Å². The largest absolute Gasteiger partial charge is 0.493 e. The Hall–Kier alpha value is -4.41. The Morgan fingerprint density at radius 3 is 2.27 bits per heavy atom. The zero-order chi connectivity index (χ0) is 24.0. The first kappa shape index (κ1) is 23.3. The fraction of sp³-hybridized carbons (Fsp3) is 0.227. The molecule has 0 spiro atoms. The summed E-state index contributed by atoms with van der Waals surface area (Å²) in [7, 11) is 4.24. The van der Waals surface area contributed by atoms with E-state index in [4.69, 9.17) is 28.8 Å². The highest BCUT2D eigenvalue weighted by Gasteiger charge is 2.21. The number of carbonyl (C=O) groups is 3. The lowest BCUT2D eigenvalue weighted by atomic mass is 10.1. The minimum atomic E-state index is -1.23. The van der Waals surface area contributed by atoms with Crippen LogP contribution in [0.1, 0.15) is 15.9 Å². The van der Waals surface area contributed by atoms with Gasteiger partial charge in [-0.05, 0) is 35.9 Å². The molecule has 0 fully saturated rings. The smallest absolute Gasteiger partial charge is 0.322 e. The molecule has 0 aromatic heterocycles. The number of hydrogen-bond donors (Lipinski definition) is 3. The molecular weight excluding hydrogens is 436 g/mol. The number of hydrogen-bond acceptors (Lipinski definition) is 8. The van der Waals surface area contributed by atoms with Gasteiger partial charge in [0.15, 0.2) is 23.0 Å². The lowest BCUT2D eigenvalue weighted by molar-refractivity contribution is -0.137. The van der Waals surface area contributed by atoms with Crippen LogP contribution in [0.4, 0.5) is 0 Å². The first-order valence-corrected chi connectivity index (χ1v) is 9.59. The van der Waals surface area contributed by atoms with E-state index in [9.17, 15) is 14.4 Å². The van der Waals surface area contributed by atoms with Crippen LogP contribution in [-0.2, 0) is 9.59 Å². The van der Waals surface area contributed by atoms with Gasteiger partial charge >= 0.3 is 5.97 Å². The summed E-state index contributed by atoms with van der Waals surface area (Å²) in [6, 6.07) is 7.78. The number of nitrogens with one attached hydrogen (secondary N) is 2. The number of ether oxygens (including phenoxy) is 5. The van der Waals surface area contributed by atoms with Crippen LogP contribution in [0.25, 0.3) is 6.08 Å². The Morgan fingerprint density at radius 2 is 1.67 bits per heavy atom. The number of carboxylic acids is 1. The Balaban J connectivity index is 1.93. The second-order valence-electron chi connectivity index (χ2n) is 6.62. The molecule has 3 rings (SSSR count). The van der Waals surface area contributed by atoms with Crippen molar-refractivity contribution < 1.29 is 43.2 Å². The van der Waals surface area contributed by atoms with Gasteiger partial charge in [0.2, 0.25) is 12.5 Å². The van der Waals surface area contributed by atoms with E-state index in [-0.39, 0.29) is 29.6 Å². The maximum absolute atomic E-state index is 13.0. The van der Waals surface area contributed by atoms with Crippen molar-refractivity contribution >= 4 is 23.9 Å². The van der Waals surface area contributed by atoms with E-state index >= 15 is 0 Å². The molecule has 2 aromatic carbocycles. The van der Waals surface area contributed by atoms with Crippen LogP contribution in [0.15, 0.2) is 36.0 Å². The van der Waals surface area contributed by atoms with Gasteiger partial charge in [-0.2, -0.15) is 0 Å². The van der Waals surface area contributed by atoms with Crippen molar-refractivity contribution in [3.05, 3.63) is 47.2 Å². The van der Waals surface area contributed by atoms with Crippen LogP contribution < -0.4 is 34.3 Å². The van der Waals surface area contributed by atoms with Crippen molar-refractivity contribution in [1.82, 2.24) is 10.6 Å². The summed E-state index contributed by atoms with van der Waals surface area (Å²) < 4.78 is 26.3. The Labute approximate surface area is 188 Å². The monoisotopic (exact) mass is 458 g/mol. The normalized spacial score (nSPS) is 12.0. The molecule has 3 N–H and O–H groups in total. The van der Waals surface area contributed by atoms with E-state index in [0.717, 1.165) is 0 Å². The van der Waals surface area contributed by atoms with Crippen molar-refractivity contribution in [2.75, 3.05) is 34.7 Å². The van der Waals surface area contributed by atoms with Crippen LogP contribution in [0.2, 0.25) is 0 Å². The Morgan fingerprint density at radius 1 is 1.00 bits per heavy atom. The number of carbonyl (C=O) groups excluding carboxylic acids is 2. The maximum Gasteiger partial charge on any atom is 0.322 e. The highest BCUT2D eigenvalue weighted by atomic mass is 16.7. The van der Waals surface area contributed by atoms with E-state index in [1.54, 1.807) is 18.2 Å². The summed E-state index contributed by atoms with van der Waals surface area (Å²) in [4.78, 5) is 36.4. The molecule has 0 saturated heterocycles. The van der Waals surface area contributed by atoms with E-state index in [1.807, 2.05) is 0 Å². The van der Waals surface area contributed by atoms with E-state index in [0.29, 0.717) is 22.8 Å². The van der Waals surface area contributed by atoms with Crippen molar-refractivity contribution in [3.63, 3.8) is 0 Å². The minimum absolute atomic E-state index is 0.0757. The quantitative estimate of drug-likeness (QED) is 0.476. The first-order valence-electron chi connectivity index (χ1n) is 9.59. The number of methoxy groups -OCH3 is 3. The minimum Gasteiger partial charge on any atom is -0.493 e. The Bertz CT molecular complexity index is 1090. The lowest BCUT2D eigenvalue weighted by Gasteiger charge is -2.15. The molecule has 1 aliphatic rings. The van der Waals surface area contributed by atoms with Gasteiger partial charge in [0, 0.05) is 5.56 Å². The SMILES string of the molecule is COc1cc(C(=O)NC(=Cc2ccc3c(c2)OCO3)C(=O)NCC(=O)O)cc(OC)c1OC. The van der Waals surface area contributed by atoms with Gasteiger partial charge in [0.25, 0.3) is 11.8 Å². The lowest BCUT2D eigenvalue weighted by Crippen LogP contribution is -2.37. The van der Waals surface area contributed by atoms with E-state index in [1.165, 1.54) is 39.5 Å². The van der Waals surface area contributed by atoms with Gasteiger partial charge in [-0.15, -0.1) is 0 Å². The fourth-order valence-electron chi connectivity index (χ4n) is 2.99. The van der Waals surface area contributed by atoms with Gasteiger partial charge in [0.05, 0.1) is 21.3 Å². The molecule has 174 valence electrons. The van der Waals surface area contributed by atoms with E-state index in [2.05, 4.69) is 10.6 Å². The summed E-state index contributed by atoms with van der Waals surface area (Å²) in [6.45, 7) is -0.552. The molecule has 0 radical (unpaired) electrons. The number of amides is 2. The molecule has 1 aliphatic heterocycles. The first-order chi connectivity index (χ1) is 15.9. The summed E-state index contributed by atoms with van der Waals surface area (Å²) in [6.07, 6.45) is 1.38. The molecule has 11 nitrogen and oxygen atoms in total. The molecule has 0 unspecified atom stereocenters. The average Bonchev–Trinajstić information content (AvgIpc) is 3.28. The predicted molar refractivity (Wildman–Crippen MR) is 115 cm³/mol. The van der Waals surface area contributed by atoms with Gasteiger partial charge in [0.1, 0.15) is 12.2 Å². The van der Waals surface area contributed by atoms with Crippen molar-refractivity contribution in [2.45, 2.75) is 0 Å². The molecular formula is C22H22N2O9. The third-order valence-corrected chi connectivity index (χ3v) is 4.53. The molecule has 0 atom stereocenters. The molecule has 33 heavy (non-hydrogen) atoms. The molecule has 11 heteroatoms. The third-order valence-electron chi connectivity index (χ3n) is 4.53. The number of fused-ring (bicyclic) bond motifs is 1. The van der Waals surface area contributed by atoms with Crippen LogP contribution in [0.3, 0.4) is 0 Å². The predicted octanol–water partition coefficient (Wildman–Crippen LogP) is 1.41. The zero-order valence-corrected chi connectivity index (χ0v) is 18.1. The fourth-order valence-corrected chi connectivity index (χ4v) is 2.99. The van der Waals surface area contributed by atoms with E-state index < -0.39 is 24.3 Å². The highest BCUT2D eigenvalue weighted by molar-refractivity contribution is 6.06. The van der Waals surface area contributed by atoms with Crippen molar-refractivity contribution in [1.29, 1.82) is 0 Å².